The van der Waals surface area contributed by atoms with Crippen molar-refractivity contribution in [1.29, 1.82) is 0 Å². The lowest BCUT2D eigenvalue weighted by Crippen LogP contribution is -2.32. The largest absolute Gasteiger partial charge is 0.356 e. The Morgan fingerprint density at radius 3 is 2.32 bits per heavy atom. The van der Waals surface area contributed by atoms with Crippen LogP contribution in [-0.4, -0.2) is 25.4 Å². The molecule has 0 radical (unpaired) electrons. The van der Waals surface area contributed by atoms with Gasteiger partial charge in [0.2, 0.25) is 11.8 Å². The predicted molar refractivity (Wildman–Crippen MR) is 99.2 cm³/mol. The first-order valence-electron chi connectivity index (χ1n) is 8.81. The number of para-hydroxylation sites is 1. The first kappa shape index (κ1) is 17.2. The van der Waals surface area contributed by atoms with Crippen molar-refractivity contribution < 1.29 is 9.59 Å². The highest BCUT2D eigenvalue weighted by Gasteiger charge is 2.49. The van der Waals surface area contributed by atoms with Crippen LogP contribution < -0.4 is 10.2 Å². The van der Waals surface area contributed by atoms with E-state index in [4.69, 9.17) is 0 Å². The molecule has 1 fully saturated rings. The van der Waals surface area contributed by atoms with Crippen molar-refractivity contribution in [3.63, 3.8) is 0 Å². The highest BCUT2D eigenvalue weighted by atomic mass is 16.2. The summed E-state index contributed by atoms with van der Waals surface area (Å²) in [7, 11) is 1.77. The second-order valence-corrected chi connectivity index (χ2v) is 6.56. The molecule has 1 saturated carbocycles. The Balaban J connectivity index is 1.40. The van der Waals surface area contributed by atoms with Crippen LogP contribution in [0.25, 0.3) is 0 Å². The molecule has 2 aromatic rings. The summed E-state index contributed by atoms with van der Waals surface area (Å²) in [5.41, 5.74) is 2.14. The minimum Gasteiger partial charge on any atom is -0.356 e. The molecule has 4 nitrogen and oxygen atoms in total. The number of rotatable bonds is 7. The second-order valence-electron chi connectivity index (χ2n) is 6.56. The van der Waals surface area contributed by atoms with Gasteiger partial charge < -0.3 is 10.2 Å². The van der Waals surface area contributed by atoms with Crippen molar-refractivity contribution >= 4 is 17.5 Å². The van der Waals surface area contributed by atoms with Gasteiger partial charge in [-0.25, -0.2) is 0 Å². The Kier molecular flexibility index (Phi) is 5.49. The van der Waals surface area contributed by atoms with Crippen molar-refractivity contribution in [1.82, 2.24) is 5.32 Å². The number of hydrogen-bond donors (Lipinski definition) is 1. The normalized spacial score (nSPS) is 18.4. The van der Waals surface area contributed by atoms with E-state index in [1.165, 1.54) is 5.56 Å². The van der Waals surface area contributed by atoms with Gasteiger partial charge >= 0.3 is 0 Å². The molecule has 1 N–H and O–H groups in total. The fourth-order valence-corrected chi connectivity index (χ4v) is 3.07. The van der Waals surface area contributed by atoms with E-state index in [1.807, 2.05) is 48.5 Å². The lowest BCUT2D eigenvalue weighted by atomic mass is 10.1. The van der Waals surface area contributed by atoms with Crippen molar-refractivity contribution in [3.8, 4) is 0 Å². The lowest BCUT2D eigenvalue weighted by molar-refractivity contribution is -0.125. The average molecular weight is 336 g/mol. The molecule has 1 aliphatic rings. The van der Waals surface area contributed by atoms with Crippen LogP contribution in [0.2, 0.25) is 0 Å². The van der Waals surface area contributed by atoms with Crippen molar-refractivity contribution in [3.05, 3.63) is 66.2 Å². The molecule has 25 heavy (non-hydrogen) atoms. The molecule has 1 aliphatic carbocycles. The topological polar surface area (TPSA) is 49.4 Å². The Morgan fingerprint density at radius 2 is 1.64 bits per heavy atom. The monoisotopic (exact) mass is 336 g/mol. The molecule has 2 aromatic carbocycles. The van der Waals surface area contributed by atoms with E-state index in [9.17, 15) is 9.59 Å². The number of anilines is 1. The third-order valence-electron chi connectivity index (χ3n) is 4.70. The van der Waals surface area contributed by atoms with Gasteiger partial charge in [0.25, 0.3) is 0 Å². The summed E-state index contributed by atoms with van der Waals surface area (Å²) in [5, 5.41) is 2.97. The Hall–Kier alpha value is -2.62. The molecule has 0 saturated heterocycles. The molecule has 0 heterocycles. The van der Waals surface area contributed by atoms with E-state index in [-0.39, 0.29) is 23.7 Å². The van der Waals surface area contributed by atoms with E-state index >= 15 is 0 Å². The first-order valence-corrected chi connectivity index (χ1v) is 8.81. The number of nitrogens with one attached hydrogen (secondary N) is 1. The molecule has 0 bridgehead atoms. The molecular formula is C21H24N2O2. The number of nitrogens with zero attached hydrogens (tertiary/aromatic N) is 1. The first-order chi connectivity index (χ1) is 12.2. The molecular weight excluding hydrogens is 312 g/mol. The summed E-state index contributed by atoms with van der Waals surface area (Å²) in [6, 6.07) is 19.8. The molecule has 3 rings (SSSR count). The predicted octanol–water partition coefficient (Wildman–Crippen LogP) is 3.03. The highest BCUT2D eigenvalue weighted by Crippen LogP contribution is 2.40. The van der Waals surface area contributed by atoms with Gasteiger partial charge in [0, 0.05) is 19.3 Å². The number of aryl methyl sites for hydroxylation is 1. The third-order valence-corrected chi connectivity index (χ3v) is 4.70. The van der Waals surface area contributed by atoms with Crippen LogP contribution in [0, 0.1) is 11.8 Å². The van der Waals surface area contributed by atoms with Gasteiger partial charge in [0.1, 0.15) is 0 Å². The van der Waals surface area contributed by atoms with Crippen molar-refractivity contribution in [2.45, 2.75) is 19.3 Å². The summed E-state index contributed by atoms with van der Waals surface area (Å²) in [6.07, 6.45) is 2.51. The average Bonchev–Trinajstić information content (AvgIpc) is 3.46. The van der Waals surface area contributed by atoms with Gasteiger partial charge in [-0.2, -0.15) is 0 Å². The molecule has 2 amide bonds. The van der Waals surface area contributed by atoms with Crippen molar-refractivity contribution in [2.75, 3.05) is 18.5 Å². The van der Waals surface area contributed by atoms with Crippen LogP contribution in [0.4, 0.5) is 5.69 Å². The fourth-order valence-electron chi connectivity index (χ4n) is 3.07. The van der Waals surface area contributed by atoms with Gasteiger partial charge in [-0.15, -0.1) is 0 Å². The fraction of sp³-hybridized carbons (Fsp3) is 0.333. The van der Waals surface area contributed by atoms with Crippen LogP contribution in [-0.2, 0) is 16.0 Å². The summed E-state index contributed by atoms with van der Waals surface area (Å²) in [5.74, 6) is -0.321. The molecule has 2 atom stereocenters. The molecule has 2 unspecified atom stereocenters. The number of carbonyl (C=O) groups is 2. The maximum absolute atomic E-state index is 12.5. The van der Waals surface area contributed by atoms with E-state index in [1.54, 1.807) is 11.9 Å². The Bertz CT molecular complexity index is 715. The zero-order valence-electron chi connectivity index (χ0n) is 14.5. The molecule has 0 spiro atoms. The zero-order valence-corrected chi connectivity index (χ0v) is 14.5. The van der Waals surface area contributed by atoms with E-state index in [0.29, 0.717) is 13.0 Å². The van der Waals surface area contributed by atoms with Crippen LogP contribution in [0.5, 0.6) is 0 Å². The maximum Gasteiger partial charge on any atom is 0.230 e. The van der Waals surface area contributed by atoms with E-state index in [2.05, 4.69) is 17.4 Å². The van der Waals surface area contributed by atoms with Gasteiger partial charge in [-0.1, -0.05) is 48.5 Å². The van der Waals surface area contributed by atoms with Crippen molar-refractivity contribution in [2.24, 2.45) is 11.8 Å². The molecule has 0 aliphatic heterocycles. The van der Waals surface area contributed by atoms with Crippen LogP contribution >= 0.6 is 0 Å². The van der Waals surface area contributed by atoms with Gasteiger partial charge in [0.05, 0.1) is 11.8 Å². The minimum absolute atomic E-state index is 0.00729. The standard InChI is InChI=1S/C21H24N2O2/c1-23(17-12-6-3-7-13-17)21(25)19-15-18(19)20(24)22-14-8-11-16-9-4-2-5-10-16/h2-7,9-10,12-13,18-19H,8,11,14-15H2,1H3,(H,22,24). The summed E-state index contributed by atoms with van der Waals surface area (Å²) in [4.78, 5) is 26.3. The van der Waals surface area contributed by atoms with Crippen LogP contribution in [0.1, 0.15) is 18.4 Å². The minimum atomic E-state index is -0.181. The van der Waals surface area contributed by atoms with E-state index in [0.717, 1.165) is 18.5 Å². The number of amides is 2. The van der Waals surface area contributed by atoms with Gasteiger partial charge in [-0.3, -0.25) is 9.59 Å². The number of benzene rings is 2. The molecule has 4 heteroatoms. The SMILES string of the molecule is CN(C(=O)C1CC1C(=O)NCCCc1ccccc1)c1ccccc1. The lowest BCUT2D eigenvalue weighted by Gasteiger charge is -2.17. The third kappa shape index (κ3) is 4.47. The Morgan fingerprint density at radius 1 is 1.00 bits per heavy atom. The summed E-state index contributed by atoms with van der Waals surface area (Å²) >= 11 is 0. The maximum atomic E-state index is 12.5. The van der Waals surface area contributed by atoms with Gasteiger partial charge in [0.15, 0.2) is 0 Å². The smallest absolute Gasteiger partial charge is 0.230 e. The van der Waals surface area contributed by atoms with Crippen LogP contribution in [0.15, 0.2) is 60.7 Å². The summed E-state index contributed by atoms with van der Waals surface area (Å²) in [6.45, 7) is 0.652. The second kappa shape index (κ2) is 7.97. The number of carbonyl (C=O) groups excluding carboxylic acids is 2. The molecule has 0 aromatic heterocycles. The van der Waals surface area contributed by atoms with E-state index < -0.39 is 0 Å². The number of hydrogen-bond acceptors (Lipinski definition) is 2. The van der Waals surface area contributed by atoms with Crippen LogP contribution in [0.3, 0.4) is 0 Å². The summed E-state index contributed by atoms with van der Waals surface area (Å²) < 4.78 is 0. The van der Waals surface area contributed by atoms with Gasteiger partial charge in [-0.05, 0) is 37.0 Å². The zero-order chi connectivity index (χ0) is 17.6. The highest BCUT2D eigenvalue weighted by molar-refractivity contribution is 6.00. The Labute approximate surface area is 148 Å². The molecule has 130 valence electrons. The quantitative estimate of drug-likeness (QED) is 0.790.